The van der Waals surface area contributed by atoms with E-state index in [1.807, 2.05) is 0 Å². The van der Waals surface area contributed by atoms with Crippen molar-refractivity contribution in [3.8, 4) is 0 Å². The van der Waals surface area contributed by atoms with Crippen LogP contribution < -0.4 is 10.9 Å². The Morgan fingerprint density at radius 2 is 2.24 bits per heavy atom. The Morgan fingerprint density at radius 3 is 2.76 bits per heavy atom. The molecule has 4 heteroatoms. The van der Waals surface area contributed by atoms with Gasteiger partial charge in [0.25, 0.3) is 5.91 Å². The minimum Gasteiger partial charge on any atom is -0.350 e. The summed E-state index contributed by atoms with van der Waals surface area (Å²) < 4.78 is 0. The first-order valence-corrected chi connectivity index (χ1v) is 6.13. The lowest BCUT2D eigenvalue weighted by atomic mass is 9.67. The molecule has 0 spiro atoms. The molecule has 0 aliphatic heterocycles. The van der Waals surface area contributed by atoms with Crippen molar-refractivity contribution in [3.05, 3.63) is 34.2 Å². The average Bonchev–Trinajstić information content (AvgIpc) is 2.28. The van der Waals surface area contributed by atoms with Crippen LogP contribution in [-0.2, 0) is 0 Å². The number of carbonyl (C=O) groups excluding carboxylic acids is 1. The molecule has 0 saturated heterocycles. The van der Waals surface area contributed by atoms with Crippen molar-refractivity contribution in [1.29, 1.82) is 0 Å². The maximum absolute atomic E-state index is 11.8. The van der Waals surface area contributed by atoms with Crippen LogP contribution >= 0.6 is 0 Å². The molecule has 1 aromatic rings. The minimum atomic E-state index is -0.244. The molecule has 1 aromatic heterocycles. The smallest absolute Gasteiger partial charge is 0.267 e. The van der Waals surface area contributed by atoms with Crippen LogP contribution in [0.15, 0.2) is 23.0 Å². The molecule has 0 unspecified atom stereocenters. The zero-order chi connectivity index (χ0) is 12.3. The van der Waals surface area contributed by atoms with E-state index in [1.54, 1.807) is 12.1 Å². The zero-order valence-corrected chi connectivity index (χ0v) is 10.1. The molecule has 2 N–H and O–H groups in total. The van der Waals surface area contributed by atoms with E-state index >= 15 is 0 Å². The normalized spacial score (nSPS) is 17.2. The van der Waals surface area contributed by atoms with Gasteiger partial charge in [-0.2, -0.15) is 0 Å². The van der Waals surface area contributed by atoms with Gasteiger partial charge in [0.15, 0.2) is 0 Å². The number of amides is 1. The van der Waals surface area contributed by atoms with E-state index in [-0.39, 0.29) is 11.5 Å². The van der Waals surface area contributed by atoms with Crippen molar-refractivity contribution in [3.63, 3.8) is 0 Å². The molecular formula is C13H18N2O2. The van der Waals surface area contributed by atoms with Gasteiger partial charge in [-0.25, -0.2) is 0 Å². The van der Waals surface area contributed by atoms with E-state index in [9.17, 15) is 9.59 Å². The Bertz CT molecular complexity index is 455. The Kier molecular flexibility index (Phi) is 3.31. The van der Waals surface area contributed by atoms with Crippen LogP contribution in [0.4, 0.5) is 0 Å². The third kappa shape index (κ3) is 2.57. The summed E-state index contributed by atoms with van der Waals surface area (Å²) in [5, 5.41) is 2.91. The number of pyridine rings is 1. The van der Waals surface area contributed by atoms with Crippen LogP contribution in [0.25, 0.3) is 0 Å². The summed E-state index contributed by atoms with van der Waals surface area (Å²) in [5.74, 6) is -0.192. The van der Waals surface area contributed by atoms with Crippen molar-refractivity contribution < 1.29 is 4.79 Å². The molecule has 17 heavy (non-hydrogen) atoms. The van der Waals surface area contributed by atoms with Crippen molar-refractivity contribution in [2.75, 3.05) is 6.54 Å². The minimum absolute atomic E-state index is 0.192. The molecule has 0 atom stereocenters. The van der Waals surface area contributed by atoms with E-state index in [0.29, 0.717) is 17.7 Å². The topological polar surface area (TPSA) is 62.0 Å². The van der Waals surface area contributed by atoms with Crippen LogP contribution in [0.1, 0.15) is 43.1 Å². The highest BCUT2D eigenvalue weighted by molar-refractivity contribution is 5.92. The fraction of sp³-hybridized carbons (Fsp3) is 0.538. The Balaban J connectivity index is 1.95. The summed E-state index contributed by atoms with van der Waals surface area (Å²) >= 11 is 0. The molecule has 92 valence electrons. The molecule has 0 bridgehead atoms. The highest BCUT2D eigenvalue weighted by Gasteiger charge is 2.35. The van der Waals surface area contributed by atoms with E-state index in [4.69, 9.17) is 0 Å². The fourth-order valence-corrected chi connectivity index (χ4v) is 2.28. The second kappa shape index (κ2) is 4.73. The molecule has 0 aromatic carbocycles. The largest absolute Gasteiger partial charge is 0.350 e. The van der Waals surface area contributed by atoms with Crippen molar-refractivity contribution in [1.82, 2.24) is 10.3 Å². The average molecular weight is 234 g/mol. The number of aromatic nitrogens is 1. The van der Waals surface area contributed by atoms with Gasteiger partial charge in [-0.1, -0.05) is 19.4 Å². The predicted octanol–water partition coefficient (Wildman–Crippen LogP) is 1.69. The van der Waals surface area contributed by atoms with Crippen LogP contribution in [0, 0.1) is 5.41 Å². The monoisotopic (exact) mass is 234 g/mol. The van der Waals surface area contributed by atoms with Gasteiger partial charge in [-0.05, 0) is 30.7 Å². The fourth-order valence-electron chi connectivity index (χ4n) is 2.28. The summed E-state index contributed by atoms with van der Waals surface area (Å²) in [7, 11) is 0. The first kappa shape index (κ1) is 11.9. The van der Waals surface area contributed by atoms with Crippen LogP contribution in [0.3, 0.4) is 0 Å². The van der Waals surface area contributed by atoms with E-state index < -0.39 is 0 Å². The standard InChI is InChI=1S/C13H18N2O2/c1-2-13(7-4-8-13)9-14-12(17)10-5-3-6-11(16)15-10/h3,5-6H,2,4,7-9H2,1H3,(H,14,17)(H,15,16). The molecule has 1 fully saturated rings. The molecule has 4 nitrogen and oxygen atoms in total. The van der Waals surface area contributed by atoms with Crippen molar-refractivity contribution >= 4 is 5.91 Å². The number of hydrogen-bond donors (Lipinski definition) is 2. The third-order valence-electron chi connectivity index (χ3n) is 3.80. The van der Waals surface area contributed by atoms with Gasteiger partial charge in [0.1, 0.15) is 5.69 Å². The molecule has 1 heterocycles. The summed E-state index contributed by atoms with van der Waals surface area (Å²) in [6, 6.07) is 4.61. The highest BCUT2D eigenvalue weighted by atomic mass is 16.2. The summed E-state index contributed by atoms with van der Waals surface area (Å²) in [5.41, 5.74) is 0.389. The molecule has 1 amide bonds. The Morgan fingerprint density at radius 1 is 1.47 bits per heavy atom. The van der Waals surface area contributed by atoms with Crippen LogP contribution in [0.2, 0.25) is 0 Å². The molecule has 2 rings (SSSR count). The van der Waals surface area contributed by atoms with Gasteiger partial charge in [0.2, 0.25) is 5.56 Å². The SMILES string of the molecule is CCC1(CNC(=O)c2cccc(=O)[nH]2)CCC1. The van der Waals surface area contributed by atoms with Gasteiger partial charge in [0, 0.05) is 12.6 Å². The summed E-state index contributed by atoms with van der Waals surface area (Å²) in [4.78, 5) is 25.4. The number of aromatic amines is 1. The van der Waals surface area contributed by atoms with Gasteiger partial charge in [-0.3, -0.25) is 9.59 Å². The summed E-state index contributed by atoms with van der Waals surface area (Å²) in [6.07, 6.45) is 4.73. The quantitative estimate of drug-likeness (QED) is 0.832. The van der Waals surface area contributed by atoms with Gasteiger partial charge in [-0.15, -0.1) is 0 Å². The highest BCUT2D eigenvalue weighted by Crippen LogP contribution is 2.42. The number of nitrogens with one attached hydrogen (secondary N) is 2. The van der Waals surface area contributed by atoms with E-state index in [2.05, 4.69) is 17.2 Å². The van der Waals surface area contributed by atoms with Crippen molar-refractivity contribution in [2.24, 2.45) is 5.41 Å². The molecule has 1 aliphatic carbocycles. The summed E-state index contributed by atoms with van der Waals surface area (Å²) in [6.45, 7) is 2.87. The molecule has 0 radical (unpaired) electrons. The number of rotatable bonds is 4. The van der Waals surface area contributed by atoms with Gasteiger partial charge >= 0.3 is 0 Å². The number of carbonyl (C=O) groups is 1. The molecular weight excluding hydrogens is 216 g/mol. The second-order valence-electron chi connectivity index (χ2n) is 4.82. The van der Waals surface area contributed by atoms with Gasteiger partial charge < -0.3 is 10.3 Å². The Labute approximate surface area is 100 Å². The van der Waals surface area contributed by atoms with Gasteiger partial charge in [0.05, 0.1) is 0 Å². The van der Waals surface area contributed by atoms with Crippen LogP contribution in [0.5, 0.6) is 0 Å². The van der Waals surface area contributed by atoms with E-state index in [0.717, 1.165) is 6.42 Å². The maximum Gasteiger partial charge on any atom is 0.267 e. The van der Waals surface area contributed by atoms with Crippen LogP contribution in [-0.4, -0.2) is 17.4 Å². The molecule has 1 aliphatic rings. The second-order valence-corrected chi connectivity index (χ2v) is 4.82. The maximum atomic E-state index is 11.8. The lowest BCUT2D eigenvalue weighted by Crippen LogP contribution is -2.42. The third-order valence-corrected chi connectivity index (χ3v) is 3.80. The predicted molar refractivity (Wildman–Crippen MR) is 66.0 cm³/mol. The lowest BCUT2D eigenvalue weighted by molar-refractivity contribution is 0.0845. The first-order valence-electron chi connectivity index (χ1n) is 6.13. The molecule has 1 saturated carbocycles. The zero-order valence-electron chi connectivity index (χ0n) is 10.1. The number of H-pyrrole nitrogens is 1. The number of hydrogen-bond acceptors (Lipinski definition) is 2. The lowest BCUT2D eigenvalue weighted by Gasteiger charge is -2.41. The first-order chi connectivity index (χ1) is 8.15. The van der Waals surface area contributed by atoms with Crippen molar-refractivity contribution in [2.45, 2.75) is 32.6 Å². The van der Waals surface area contributed by atoms with E-state index in [1.165, 1.54) is 25.3 Å². The Hall–Kier alpha value is -1.58.